The summed E-state index contributed by atoms with van der Waals surface area (Å²) in [5, 5.41) is 11.8. The van der Waals surface area contributed by atoms with Gasteiger partial charge in [0.1, 0.15) is 0 Å². The molecule has 2 aromatic rings. The number of hydrogen-bond donors (Lipinski definition) is 1. The number of halogens is 1. The molecule has 0 unspecified atom stereocenters. The van der Waals surface area contributed by atoms with Crippen LogP contribution in [0.1, 0.15) is 15.9 Å². The average Bonchev–Trinajstić information content (AvgIpc) is 2.61. The maximum absolute atomic E-state index is 12.3. The van der Waals surface area contributed by atoms with Gasteiger partial charge in [0.25, 0.3) is 5.69 Å². The molecule has 0 atom stereocenters. The van der Waals surface area contributed by atoms with E-state index < -0.39 is 10.8 Å². The van der Waals surface area contributed by atoms with Crippen LogP contribution in [0.5, 0.6) is 0 Å². The molecule has 0 bridgehead atoms. The van der Waals surface area contributed by atoms with Gasteiger partial charge in [-0.05, 0) is 23.8 Å². The summed E-state index contributed by atoms with van der Waals surface area (Å²) >= 11 is 7.12. The van der Waals surface area contributed by atoms with Crippen LogP contribution >= 0.6 is 23.4 Å². The Hall–Kier alpha value is -2.58. The first-order chi connectivity index (χ1) is 12.3. The smallest absolute Gasteiger partial charge is 0.283 e. The van der Waals surface area contributed by atoms with Gasteiger partial charge in [-0.3, -0.25) is 19.7 Å². The summed E-state index contributed by atoms with van der Waals surface area (Å²) in [7, 11) is 1.64. The maximum Gasteiger partial charge on any atom is 0.283 e. The Bertz CT molecular complexity index is 860. The number of benzene rings is 2. The minimum atomic E-state index is -0.750. The lowest BCUT2D eigenvalue weighted by atomic mass is 10.2. The number of rotatable bonds is 7. The van der Waals surface area contributed by atoms with Crippen molar-refractivity contribution in [3.8, 4) is 0 Å². The number of nitro benzene ring substituents is 1. The average molecular weight is 394 g/mol. The zero-order chi connectivity index (χ0) is 19.3. The number of amides is 2. The number of primary amides is 1. The predicted octanol–water partition coefficient (Wildman–Crippen LogP) is 3.10. The van der Waals surface area contributed by atoms with E-state index in [2.05, 4.69) is 0 Å². The van der Waals surface area contributed by atoms with E-state index >= 15 is 0 Å². The molecule has 26 heavy (non-hydrogen) atoms. The van der Waals surface area contributed by atoms with E-state index in [4.69, 9.17) is 17.3 Å². The summed E-state index contributed by atoms with van der Waals surface area (Å²) in [6.07, 6.45) is 0. The van der Waals surface area contributed by atoms with Gasteiger partial charge in [-0.25, -0.2) is 0 Å². The van der Waals surface area contributed by atoms with Crippen LogP contribution in [0.15, 0.2) is 47.4 Å². The summed E-state index contributed by atoms with van der Waals surface area (Å²) in [4.78, 5) is 35.8. The molecule has 9 heteroatoms. The Morgan fingerprint density at radius 2 is 1.96 bits per heavy atom. The molecule has 0 heterocycles. The summed E-state index contributed by atoms with van der Waals surface area (Å²) in [5.41, 5.74) is 5.74. The first-order valence-electron chi connectivity index (χ1n) is 7.48. The number of thioether (sulfide) groups is 1. The molecule has 0 aliphatic rings. The number of carbonyl (C=O) groups excluding carboxylic acids is 2. The van der Waals surface area contributed by atoms with Gasteiger partial charge in [-0.2, -0.15) is 0 Å². The van der Waals surface area contributed by atoms with Crippen molar-refractivity contribution in [2.45, 2.75) is 11.4 Å². The Morgan fingerprint density at radius 1 is 1.27 bits per heavy atom. The number of nitro groups is 1. The Morgan fingerprint density at radius 3 is 2.58 bits per heavy atom. The van der Waals surface area contributed by atoms with Gasteiger partial charge in [0, 0.05) is 30.2 Å². The fraction of sp³-hybridized carbons (Fsp3) is 0.176. The summed E-state index contributed by atoms with van der Waals surface area (Å²) < 4.78 is 0. The van der Waals surface area contributed by atoms with Gasteiger partial charge in [0.2, 0.25) is 11.8 Å². The second kappa shape index (κ2) is 8.68. The quantitative estimate of drug-likeness (QED) is 0.442. The molecule has 0 aliphatic heterocycles. The molecule has 0 saturated carbocycles. The fourth-order valence-electron chi connectivity index (χ4n) is 2.16. The molecule has 0 spiro atoms. The molecule has 0 aromatic heterocycles. The van der Waals surface area contributed by atoms with Crippen LogP contribution in [-0.4, -0.2) is 34.4 Å². The van der Waals surface area contributed by atoms with E-state index in [1.54, 1.807) is 19.2 Å². The highest BCUT2D eigenvalue weighted by Gasteiger charge is 2.19. The zero-order valence-electron chi connectivity index (χ0n) is 13.8. The predicted molar refractivity (Wildman–Crippen MR) is 100 cm³/mol. The highest BCUT2D eigenvalue weighted by Crippen LogP contribution is 2.30. The Labute approximate surface area is 159 Å². The molecule has 0 aliphatic carbocycles. The van der Waals surface area contributed by atoms with Gasteiger partial charge in [0.15, 0.2) is 0 Å². The van der Waals surface area contributed by atoms with Crippen LogP contribution in [0, 0.1) is 10.1 Å². The number of carbonyl (C=O) groups is 2. The second-order valence-corrected chi connectivity index (χ2v) is 6.86. The second-order valence-electron chi connectivity index (χ2n) is 5.43. The van der Waals surface area contributed by atoms with Crippen LogP contribution in [0.2, 0.25) is 5.02 Å². The van der Waals surface area contributed by atoms with Crippen molar-refractivity contribution in [2.75, 3.05) is 12.8 Å². The van der Waals surface area contributed by atoms with E-state index in [1.807, 2.05) is 12.1 Å². The van der Waals surface area contributed by atoms with Crippen molar-refractivity contribution < 1.29 is 14.5 Å². The van der Waals surface area contributed by atoms with Crippen molar-refractivity contribution in [3.63, 3.8) is 0 Å². The summed E-state index contributed by atoms with van der Waals surface area (Å²) in [5.74, 6) is -0.944. The highest BCUT2D eigenvalue weighted by molar-refractivity contribution is 8.00. The minimum absolute atomic E-state index is 0.0116. The third-order valence-corrected chi connectivity index (χ3v) is 5.00. The largest absolute Gasteiger partial charge is 0.366 e. The molecule has 7 nitrogen and oxygen atoms in total. The van der Waals surface area contributed by atoms with Gasteiger partial charge in [-0.1, -0.05) is 29.8 Å². The molecule has 2 amide bonds. The number of nitrogens with zero attached hydrogens (tertiary/aromatic N) is 2. The molecule has 2 N–H and O–H groups in total. The van der Waals surface area contributed by atoms with E-state index in [0.717, 1.165) is 23.4 Å². The molecular weight excluding hydrogens is 378 g/mol. The van der Waals surface area contributed by atoms with Crippen LogP contribution in [-0.2, 0) is 11.3 Å². The molecular formula is C17H16ClN3O4S. The van der Waals surface area contributed by atoms with Crippen LogP contribution < -0.4 is 5.73 Å². The van der Waals surface area contributed by atoms with E-state index in [-0.39, 0.29) is 22.9 Å². The fourth-order valence-corrected chi connectivity index (χ4v) is 3.30. The molecule has 2 aromatic carbocycles. The first kappa shape index (κ1) is 19.7. The molecule has 0 saturated heterocycles. The third kappa shape index (κ3) is 4.96. The van der Waals surface area contributed by atoms with E-state index in [1.165, 1.54) is 17.0 Å². The molecule has 136 valence electrons. The SMILES string of the molecule is CN(Cc1ccccc1Cl)C(=O)CSc1ccc(C(N)=O)cc1[N+](=O)[O-]. The molecule has 0 fully saturated rings. The van der Waals surface area contributed by atoms with Crippen molar-refractivity contribution in [1.82, 2.24) is 4.90 Å². The highest BCUT2D eigenvalue weighted by atomic mass is 35.5. The van der Waals surface area contributed by atoms with Crippen LogP contribution in [0.25, 0.3) is 0 Å². The van der Waals surface area contributed by atoms with Crippen molar-refractivity contribution >= 4 is 40.9 Å². The van der Waals surface area contributed by atoms with E-state index in [0.29, 0.717) is 16.5 Å². The van der Waals surface area contributed by atoms with Gasteiger partial charge < -0.3 is 10.6 Å². The lowest BCUT2D eigenvalue weighted by molar-refractivity contribution is -0.387. The zero-order valence-corrected chi connectivity index (χ0v) is 15.4. The van der Waals surface area contributed by atoms with Crippen LogP contribution in [0.3, 0.4) is 0 Å². The first-order valence-corrected chi connectivity index (χ1v) is 8.84. The number of hydrogen-bond acceptors (Lipinski definition) is 5. The summed E-state index contributed by atoms with van der Waals surface area (Å²) in [6.45, 7) is 0.335. The third-order valence-electron chi connectivity index (χ3n) is 3.58. The van der Waals surface area contributed by atoms with Gasteiger partial charge in [0.05, 0.1) is 15.6 Å². The Kier molecular flexibility index (Phi) is 6.59. The van der Waals surface area contributed by atoms with Crippen molar-refractivity contribution in [1.29, 1.82) is 0 Å². The Balaban J connectivity index is 2.05. The van der Waals surface area contributed by atoms with Crippen molar-refractivity contribution in [2.24, 2.45) is 5.73 Å². The lowest BCUT2D eigenvalue weighted by Gasteiger charge is -2.18. The minimum Gasteiger partial charge on any atom is -0.366 e. The monoisotopic (exact) mass is 393 g/mol. The number of nitrogens with two attached hydrogens (primary N) is 1. The van der Waals surface area contributed by atoms with Crippen LogP contribution in [0.4, 0.5) is 5.69 Å². The normalized spacial score (nSPS) is 10.4. The van der Waals surface area contributed by atoms with Gasteiger partial charge in [-0.15, -0.1) is 11.8 Å². The standard InChI is InChI=1S/C17H16ClN3O4S/c1-20(9-12-4-2-3-5-13(12)18)16(22)10-26-15-7-6-11(17(19)23)8-14(15)21(24)25/h2-8H,9-10H2,1H3,(H2,19,23). The molecule has 2 rings (SSSR count). The maximum atomic E-state index is 12.3. The van der Waals surface area contributed by atoms with Crippen molar-refractivity contribution in [3.05, 3.63) is 68.7 Å². The molecule has 0 radical (unpaired) electrons. The van der Waals surface area contributed by atoms with E-state index in [9.17, 15) is 19.7 Å². The topological polar surface area (TPSA) is 107 Å². The summed E-state index contributed by atoms with van der Waals surface area (Å²) in [6, 6.07) is 11.1. The van der Waals surface area contributed by atoms with Gasteiger partial charge >= 0.3 is 0 Å². The lowest BCUT2D eigenvalue weighted by Crippen LogP contribution is -2.27.